The molecule has 0 aliphatic carbocycles. The van der Waals surface area contributed by atoms with Gasteiger partial charge in [0.15, 0.2) is 5.65 Å². The highest BCUT2D eigenvalue weighted by atomic mass is 19.3. The zero-order valence-corrected chi connectivity index (χ0v) is 17.9. The molecule has 0 spiro atoms. The van der Waals surface area contributed by atoms with Crippen LogP contribution >= 0.6 is 0 Å². The molecule has 0 atom stereocenters. The smallest absolute Gasteiger partial charge is 0.266 e. The number of pyridine rings is 1. The fourth-order valence-electron chi connectivity index (χ4n) is 4.22. The van der Waals surface area contributed by atoms with E-state index in [1.165, 1.54) is 17.7 Å². The predicted octanol–water partition coefficient (Wildman–Crippen LogP) is 5.14. The Labute approximate surface area is 179 Å². The standard InChI is InChI=1S/C23H26F3N5/c1-13-18(15-7-9-31(3)10-8-15)11-19-22(29-14(2)30-23(19)28-13)27-12-16-5-4-6-17(20(16)24)21(25)26/h4-6,11,15,21H,7-10,12H2,1-3H3,(H,27,28,29,30). The third-order valence-electron chi connectivity index (χ3n) is 5.98. The van der Waals surface area contributed by atoms with Gasteiger partial charge >= 0.3 is 0 Å². The molecule has 31 heavy (non-hydrogen) atoms. The minimum Gasteiger partial charge on any atom is -0.365 e. The second-order valence-corrected chi connectivity index (χ2v) is 8.21. The van der Waals surface area contributed by atoms with Crippen LogP contribution in [0.3, 0.4) is 0 Å². The molecule has 1 fully saturated rings. The predicted molar refractivity (Wildman–Crippen MR) is 115 cm³/mol. The summed E-state index contributed by atoms with van der Waals surface area (Å²) in [7, 11) is 2.13. The molecule has 1 N–H and O–H groups in total. The molecule has 3 aromatic rings. The third-order valence-corrected chi connectivity index (χ3v) is 5.98. The van der Waals surface area contributed by atoms with Gasteiger partial charge in [0.1, 0.15) is 17.5 Å². The summed E-state index contributed by atoms with van der Waals surface area (Å²) in [4.78, 5) is 16.0. The van der Waals surface area contributed by atoms with E-state index in [2.05, 4.69) is 33.3 Å². The molecule has 1 aliphatic rings. The van der Waals surface area contributed by atoms with E-state index in [1.807, 2.05) is 6.92 Å². The van der Waals surface area contributed by atoms with E-state index in [0.29, 0.717) is 23.2 Å². The first-order valence-electron chi connectivity index (χ1n) is 10.5. The van der Waals surface area contributed by atoms with Crippen LogP contribution in [-0.2, 0) is 6.54 Å². The van der Waals surface area contributed by atoms with Crippen LogP contribution < -0.4 is 5.32 Å². The van der Waals surface area contributed by atoms with Crippen molar-refractivity contribution in [2.75, 3.05) is 25.5 Å². The van der Waals surface area contributed by atoms with Gasteiger partial charge in [-0.2, -0.15) is 0 Å². The summed E-state index contributed by atoms with van der Waals surface area (Å²) in [6, 6.07) is 6.13. The van der Waals surface area contributed by atoms with E-state index >= 15 is 0 Å². The molecule has 1 aliphatic heterocycles. The number of aryl methyl sites for hydroxylation is 2. The molecule has 5 nitrogen and oxygen atoms in total. The molecule has 0 bridgehead atoms. The number of hydrogen-bond donors (Lipinski definition) is 1. The van der Waals surface area contributed by atoms with Gasteiger partial charge in [0, 0.05) is 17.8 Å². The Morgan fingerprint density at radius 3 is 2.58 bits per heavy atom. The fourth-order valence-corrected chi connectivity index (χ4v) is 4.22. The van der Waals surface area contributed by atoms with Crippen LogP contribution in [0.25, 0.3) is 11.0 Å². The summed E-state index contributed by atoms with van der Waals surface area (Å²) >= 11 is 0. The molecule has 0 amide bonds. The minimum atomic E-state index is -2.86. The molecular formula is C23H26F3N5. The lowest BCUT2D eigenvalue weighted by Gasteiger charge is -2.30. The number of likely N-dealkylation sites (tertiary alicyclic amines) is 1. The van der Waals surface area contributed by atoms with Crippen LogP contribution in [0.1, 0.15) is 53.4 Å². The quantitative estimate of drug-likeness (QED) is 0.609. The number of halogens is 3. The summed E-state index contributed by atoms with van der Waals surface area (Å²) in [5, 5.41) is 3.88. The van der Waals surface area contributed by atoms with Gasteiger partial charge in [-0.1, -0.05) is 18.2 Å². The van der Waals surface area contributed by atoms with Crippen LogP contribution in [0, 0.1) is 19.7 Å². The highest BCUT2D eigenvalue weighted by Gasteiger charge is 2.22. The highest BCUT2D eigenvalue weighted by molar-refractivity contribution is 5.87. The highest BCUT2D eigenvalue weighted by Crippen LogP contribution is 2.33. The van der Waals surface area contributed by atoms with E-state index in [-0.39, 0.29) is 12.1 Å². The molecule has 8 heteroatoms. The van der Waals surface area contributed by atoms with Crippen LogP contribution in [0.5, 0.6) is 0 Å². The summed E-state index contributed by atoms with van der Waals surface area (Å²) < 4.78 is 40.5. The minimum absolute atomic E-state index is 0.0371. The lowest BCUT2D eigenvalue weighted by molar-refractivity contribution is 0.146. The number of piperidine rings is 1. The Morgan fingerprint density at radius 2 is 1.87 bits per heavy atom. The molecule has 2 aromatic heterocycles. The van der Waals surface area contributed by atoms with Gasteiger partial charge in [0.25, 0.3) is 6.43 Å². The maximum atomic E-state index is 14.4. The Hall–Kier alpha value is -2.74. The van der Waals surface area contributed by atoms with E-state index < -0.39 is 17.8 Å². The van der Waals surface area contributed by atoms with Crippen molar-refractivity contribution in [2.45, 2.75) is 45.6 Å². The normalized spacial score (nSPS) is 15.7. The molecule has 0 saturated carbocycles. The number of nitrogens with zero attached hydrogens (tertiary/aromatic N) is 4. The second-order valence-electron chi connectivity index (χ2n) is 8.21. The molecule has 164 valence electrons. The number of anilines is 1. The van der Waals surface area contributed by atoms with Gasteiger partial charge in [-0.3, -0.25) is 0 Å². The first-order chi connectivity index (χ1) is 14.8. The lowest BCUT2D eigenvalue weighted by atomic mass is 9.88. The Kier molecular flexibility index (Phi) is 6.09. The first-order valence-corrected chi connectivity index (χ1v) is 10.5. The molecule has 3 heterocycles. The molecule has 0 radical (unpaired) electrons. The van der Waals surface area contributed by atoms with Crippen LogP contribution in [0.2, 0.25) is 0 Å². The maximum Gasteiger partial charge on any atom is 0.266 e. The van der Waals surface area contributed by atoms with Crippen molar-refractivity contribution in [1.29, 1.82) is 0 Å². The summed E-state index contributed by atoms with van der Waals surface area (Å²) in [6.45, 7) is 5.89. The zero-order chi connectivity index (χ0) is 22.1. The SMILES string of the molecule is Cc1nc(NCc2cccc(C(F)F)c2F)c2cc(C3CCN(C)CC3)c(C)nc2n1. The average molecular weight is 429 g/mol. The van der Waals surface area contributed by atoms with Gasteiger partial charge in [-0.05, 0) is 64.4 Å². The van der Waals surface area contributed by atoms with Crippen LogP contribution in [-0.4, -0.2) is 40.0 Å². The van der Waals surface area contributed by atoms with Crippen molar-refractivity contribution >= 4 is 16.9 Å². The van der Waals surface area contributed by atoms with Gasteiger partial charge < -0.3 is 10.2 Å². The second kappa shape index (κ2) is 8.78. The number of benzene rings is 1. The van der Waals surface area contributed by atoms with Crippen molar-refractivity contribution < 1.29 is 13.2 Å². The fraction of sp³-hybridized carbons (Fsp3) is 0.435. The van der Waals surface area contributed by atoms with Crippen molar-refractivity contribution in [2.24, 2.45) is 0 Å². The van der Waals surface area contributed by atoms with Crippen molar-refractivity contribution in [1.82, 2.24) is 19.9 Å². The number of aromatic nitrogens is 3. The largest absolute Gasteiger partial charge is 0.365 e. The van der Waals surface area contributed by atoms with E-state index in [4.69, 9.17) is 4.98 Å². The molecule has 4 rings (SSSR count). The summed E-state index contributed by atoms with van der Waals surface area (Å²) in [6.07, 6.45) is -0.733. The van der Waals surface area contributed by atoms with Crippen LogP contribution in [0.4, 0.5) is 19.0 Å². The summed E-state index contributed by atoms with van der Waals surface area (Å²) in [5.74, 6) is 0.602. The molecule has 1 aromatic carbocycles. The van der Waals surface area contributed by atoms with E-state index in [0.717, 1.165) is 43.1 Å². The van der Waals surface area contributed by atoms with Crippen molar-refractivity contribution in [3.05, 3.63) is 58.3 Å². The lowest BCUT2D eigenvalue weighted by Crippen LogP contribution is -2.29. The first kappa shape index (κ1) is 21.5. The van der Waals surface area contributed by atoms with Gasteiger partial charge in [0.2, 0.25) is 0 Å². The number of fused-ring (bicyclic) bond motifs is 1. The number of nitrogens with one attached hydrogen (secondary N) is 1. The van der Waals surface area contributed by atoms with Gasteiger partial charge in [-0.15, -0.1) is 0 Å². The number of alkyl halides is 2. The third kappa shape index (κ3) is 4.49. The summed E-state index contributed by atoms with van der Waals surface area (Å²) in [5.41, 5.74) is 2.29. The monoisotopic (exact) mass is 429 g/mol. The average Bonchev–Trinajstić information content (AvgIpc) is 2.72. The Bertz CT molecular complexity index is 1090. The van der Waals surface area contributed by atoms with Crippen molar-refractivity contribution in [3.8, 4) is 0 Å². The van der Waals surface area contributed by atoms with Crippen molar-refractivity contribution in [3.63, 3.8) is 0 Å². The Balaban J connectivity index is 1.67. The zero-order valence-electron chi connectivity index (χ0n) is 17.9. The maximum absolute atomic E-state index is 14.4. The van der Waals surface area contributed by atoms with E-state index in [9.17, 15) is 13.2 Å². The van der Waals surface area contributed by atoms with Gasteiger partial charge in [-0.25, -0.2) is 28.1 Å². The Morgan fingerprint density at radius 1 is 1.13 bits per heavy atom. The van der Waals surface area contributed by atoms with E-state index in [1.54, 1.807) is 6.92 Å². The molecule has 1 saturated heterocycles. The molecule has 0 unspecified atom stereocenters. The topological polar surface area (TPSA) is 53.9 Å². The van der Waals surface area contributed by atoms with Crippen LogP contribution in [0.15, 0.2) is 24.3 Å². The molecular weight excluding hydrogens is 403 g/mol. The number of hydrogen-bond acceptors (Lipinski definition) is 5. The number of rotatable bonds is 5. The van der Waals surface area contributed by atoms with Gasteiger partial charge in [0.05, 0.1) is 10.9 Å².